The number of carbonyl (C=O) groups is 1. The Balaban J connectivity index is 1.63. The van der Waals surface area contributed by atoms with Crippen molar-refractivity contribution in [3.63, 3.8) is 0 Å². The molecule has 2 aliphatic rings. The van der Waals surface area contributed by atoms with Gasteiger partial charge in [-0.15, -0.1) is 11.8 Å². The summed E-state index contributed by atoms with van der Waals surface area (Å²) >= 11 is 1.73. The van der Waals surface area contributed by atoms with E-state index in [-0.39, 0.29) is 23.3 Å². The molecule has 0 aliphatic carbocycles. The second kappa shape index (κ2) is 6.24. The van der Waals surface area contributed by atoms with Gasteiger partial charge in [0.15, 0.2) is 9.84 Å². The Morgan fingerprint density at radius 2 is 2.18 bits per heavy atom. The Kier molecular flexibility index (Phi) is 4.50. The Labute approximate surface area is 136 Å². The van der Waals surface area contributed by atoms with E-state index in [1.165, 1.54) is 16.0 Å². The van der Waals surface area contributed by atoms with Gasteiger partial charge >= 0.3 is 0 Å². The van der Waals surface area contributed by atoms with Crippen LogP contribution in [-0.2, 0) is 27.6 Å². The second-order valence-electron chi connectivity index (χ2n) is 6.17. The van der Waals surface area contributed by atoms with Crippen molar-refractivity contribution >= 4 is 27.5 Å². The summed E-state index contributed by atoms with van der Waals surface area (Å²) < 4.78 is 23.0. The molecule has 1 aromatic carbocycles. The largest absolute Gasteiger partial charge is 0.338 e. The minimum Gasteiger partial charge on any atom is -0.338 e. The van der Waals surface area contributed by atoms with Crippen molar-refractivity contribution in [3.8, 4) is 0 Å². The van der Waals surface area contributed by atoms with Crippen LogP contribution in [0.15, 0.2) is 23.1 Å². The molecule has 1 amide bonds. The molecule has 120 valence electrons. The molecule has 6 heteroatoms. The molecule has 2 aliphatic heterocycles. The number of hydrogen-bond donors (Lipinski definition) is 0. The summed E-state index contributed by atoms with van der Waals surface area (Å²) in [4.78, 5) is 15.6. The van der Waals surface area contributed by atoms with Crippen LogP contribution < -0.4 is 0 Å². The van der Waals surface area contributed by atoms with Gasteiger partial charge in [-0.25, -0.2) is 8.42 Å². The van der Waals surface area contributed by atoms with Crippen molar-refractivity contribution in [2.75, 3.05) is 24.3 Å². The zero-order valence-corrected chi connectivity index (χ0v) is 14.4. The minimum atomic E-state index is -2.90. The van der Waals surface area contributed by atoms with Crippen molar-refractivity contribution in [1.82, 2.24) is 4.90 Å². The molecule has 1 aromatic rings. The summed E-state index contributed by atoms with van der Waals surface area (Å²) in [5, 5.41) is 0. The van der Waals surface area contributed by atoms with Crippen molar-refractivity contribution < 1.29 is 13.2 Å². The highest BCUT2D eigenvalue weighted by molar-refractivity contribution is 7.98. The normalized spacial score (nSPS) is 23.3. The van der Waals surface area contributed by atoms with E-state index in [0.29, 0.717) is 19.4 Å². The number of thioether (sulfide) groups is 1. The number of fused-ring (bicyclic) bond motifs is 1. The lowest BCUT2D eigenvalue weighted by Gasteiger charge is -2.30. The van der Waals surface area contributed by atoms with Crippen LogP contribution in [0, 0.1) is 5.92 Å². The standard InChI is InChI=1S/C16H21NO3S2/c1-21-15-3-2-14-10-17(6-4-13(14)9-15)16(18)8-12-5-7-22(19,20)11-12/h2-3,9,12H,4-8,10-11H2,1H3/t12-/m1/s1. The van der Waals surface area contributed by atoms with Crippen LogP contribution in [-0.4, -0.2) is 43.5 Å². The SMILES string of the molecule is CSc1ccc2c(c1)CCN(C(=O)C[C@H]1CCS(=O)(=O)C1)C2. The number of nitrogens with zero attached hydrogens (tertiary/aromatic N) is 1. The highest BCUT2D eigenvalue weighted by Crippen LogP contribution is 2.27. The molecule has 1 atom stereocenters. The zero-order valence-electron chi connectivity index (χ0n) is 12.7. The molecule has 0 N–H and O–H groups in total. The predicted molar refractivity (Wildman–Crippen MR) is 88.7 cm³/mol. The number of benzene rings is 1. The van der Waals surface area contributed by atoms with Crippen LogP contribution in [0.5, 0.6) is 0 Å². The zero-order chi connectivity index (χ0) is 15.7. The van der Waals surface area contributed by atoms with Gasteiger partial charge in [-0.1, -0.05) is 6.07 Å². The van der Waals surface area contributed by atoms with Gasteiger partial charge in [0.2, 0.25) is 5.91 Å². The monoisotopic (exact) mass is 339 g/mol. The Bertz CT molecular complexity index is 685. The van der Waals surface area contributed by atoms with Crippen LogP contribution in [0.1, 0.15) is 24.0 Å². The fourth-order valence-electron chi connectivity index (χ4n) is 3.28. The van der Waals surface area contributed by atoms with Crippen molar-refractivity contribution in [1.29, 1.82) is 0 Å². The predicted octanol–water partition coefficient (Wildman–Crippen LogP) is 2.12. The van der Waals surface area contributed by atoms with Crippen LogP contribution >= 0.6 is 11.8 Å². The van der Waals surface area contributed by atoms with Crippen molar-refractivity contribution in [3.05, 3.63) is 29.3 Å². The lowest BCUT2D eigenvalue weighted by molar-refractivity contribution is -0.132. The summed E-state index contributed by atoms with van der Waals surface area (Å²) in [5.74, 6) is 0.533. The smallest absolute Gasteiger partial charge is 0.223 e. The van der Waals surface area contributed by atoms with Gasteiger partial charge in [-0.2, -0.15) is 0 Å². The first kappa shape index (κ1) is 15.9. The molecule has 0 unspecified atom stereocenters. The van der Waals surface area contributed by atoms with Gasteiger partial charge in [0.1, 0.15) is 0 Å². The first-order valence-corrected chi connectivity index (χ1v) is 10.7. The maximum absolute atomic E-state index is 12.4. The molecule has 0 spiro atoms. The van der Waals surface area contributed by atoms with Gasteiger partial charge in [0.25, 0.3) is 0 Å². The van der Waals surface area contributed by atoms with E-state index in [4.69, 9.17) is 0 Å². The number of sulfone groups is 1. The second-order valence-corrected chi connectivity index (χ2v) is 9.28. The van der Waals surface area contributed by atoms with E-state index in [9.17, 15) is 13.2 Å². The lowest BCUT2D eigenvalue weighted by atomic mass is 9.98. The van der Waals surface area contributed by atoms with Gasteiger partial charge in [-0.05, 0) is 48.3 Å². The van der Waals surface area contributed by atoms with Crippen molar-refractivity contribution in [2.24, 2.45) is 5.92 Å². The van der Waals surface area contributed by atoms with E-state index in [1.807, 2.05) is 4.90 Å². The summed E-state index contributed by atoms with van der Waals surface area (Å²) in [6.45, 7) is 1.39. The summed E-state index contributed by atoms with van der Waals surface area (Å²) in [6, 6.07) is 6.42. The van der Waals surface area contributed by atoms with E-state index in [2.05, 4.69) is 24.5 Å². The highest BCUT2D eigenvalue weighted by Gasteiger charge is 2.31. The molecule has 0 bridgehead atoms. The first-order chi connectivity index (χ1) is 10.5. The maximum atomic E-state index is 12.4. The average molecular weight is 339 g/mol. The highest BCUT2D eigenvalue weighted by atomic mass is 32.2. The fraction of sp³-hybridized carbons (Fsp3) is 0.562. The van der Waals surface area contributed by atoms with Gasteiger partial charge in [0.05, 0.1) is 11.5 Å². The van der Waals surface area contributed by atoms with E-state index < -0.39 is 9.84 Å². The lowest BCUT2D eigenvalue weighted by Crippen LogP contribution is -2.37. The van der Waals surface area contributed by atoms with E-state index in [1.54, 1.807) is 11.8 Å². The first-order valence-electron chi connectivity index (χ1n) is 7.61. The third-order valence-corrected chi connectivity index (χ3v) is 7.13. The number of hydrogen-bond acceptors (Lipinski definition) is 4. The third kappa shape index (κ3) is 3.49. The molecule has 4 nitrogen and oxygen atoms in total. The molecule has 0 aromatic heterocycles. The Morgan fingerprint density at radius 3 is 2.86 bits per heavy atom. The molecular formula is C16H21NO3S2. The Hall–Kier alpha value is -1.01. The minimum absolute atomic E-state index is 0.0118. The molecule has 3 rings (SSSR count). The van der Waals surface area contributed by atoms with E-state index in [0.717, 1.165) is 13.0 Å². The van der Waals surface area contributed by atoms with Crippen LogP contribution in [0.3, 0.4) is 0 Å². The van der Waals surface area contributed by atoms with Gasteiger partial charge < -0.3 is 4.90 Å². The summed E-state index contributed by atoms with van der Waals surface area (Å²) in [7, 11) is -2.90. The maximum Gasteiger partial charge on any atom is 0.223 e. The van der Waals surface area contributed by atoms with Crippen LogP contribution in [0.25, 0.3) is 0 Å². The molecular weight excluding hydrogens is 318 g/mol. The topological polar surface area (TPSA) is 54.5 Å². The number of amides is 1. The van der Waals surface area contributed by atoms with Gasteiger partial charge in [-0.3, -0.25) is 4.79 Å². The fourth-order valence-corrected chi connectivity index (χ4v) is 5.60. The molecule has 0 radical (unpaired) electrons. The number of rotatable bonds is 3. The third-order valence-electron chi connectivity index (χ3n) is 4.57. The van der Waals surface area contributed by atoms with Crippen molar-refractivity contribution in [2.45, 2.75) is 30.7 Å². The summed E-state index contributed by atoms with van der Waals surface area (Å²) in [6.07, 6.45) is 3.96. The molecule has 2 heterocycles. The molecule has 1 saturated heterocycles. The quantitative estimate of drug-likeness (QED) is 0.792. The van der Waals surface area contributed by atoms with Gasteiger partial charge in [0, 0.05) is 24.4 Å². The van der Waals surface area contributed by atoms with Crippen LogP contribution in [0.4, 0.5) is 0 Å². The van der Waals surface area contributed by atoms with E-state index >= 15 is 0 Å². The average Bonchev–Trinajstić information content (AvgIpc) is 2.84. The van der Waals surface area contributed by atoms with Crippen LogP contribution in [0.2, 0.25) is 0 Å². The Morgan fingerprint density at radius 1 is 1.36 bits per heavy atom. The molecule has 1 fully saturated rings. The molecule has 0 saturated carbocycles. The molecule has 22 heavy (non-hydrogen) atoms. The number of carbonyl (C=O) groups excluding carboxylic acids is 1. The summed E-state index contributed by atoms with van der Waals surface area (Å²) in [5.41, 5.74) is 2.55.